The van der Waals surface area contributed by atoms with Crippen molar-refractivity contribution >= 4 is 5.91 Å². The van der Waals surface area contributed by atoms with Crippen LogP contribution >= 0.6 is 0 Å². The number of aryl methyl sites for hydroxylation is 2. The number of ether oxygens (including phenoxy) is 1. The second-order valence-corrected chi connectivity index (χ2v) is 9.42. The number of benzene rings is 3. The van der Waals surface area contributed by atoms with Gasteiger partial charge >= 0.3 is 0 Å². The van der Waals surface area contributed by atoms with Gasteiger partial charge < -0.3 is 10.1 Å². The van der Waals surface area contributed by atoms with Gasteiger partial charge in [0.1, 0.15) is 5.75 Å². The van der Waals surface area contributed by atoms with Crippen molar-refractivity contribution in [2.75, 3.05) is 6.61 Å². The van der Waals surface area contributed by atoms with Gasteiger partial charge in [0, 0.05) is 0 Å². The van der Waals surface area contributed by atoms with Crippen molar-refractivity contribution in [3.63, 3.8) is 0 Å². The minimum Gasteiger partial charge on any atom is -0.494 e. The molecular formula is C30H35NO2. The molecule has 3 aromatic rings. The van der Waals surface area contributed by atoms with Crippen molar-refractivity contribution in [1.29, 1.82) is 0 Å². The van der Waals surface area contributed by atoms with Gasteiger partial charge in [-0.05, 0) is 73.9 Å². The lowest BCUT2D eigenvalue weighted by atomic mass is 9.86. The van der Waals surface area contributed by atoms with Gasteiger partial charge in [0.25, 0.3) is 0 Å². The Bertz CT molecular complexity index is 1020. The van der Waals surface area contributed by atoms with E-state index < -0.39 is 0 Å². The summed E-state index contributed by atoms with van der Waals surface area (Å²) < 4.78 is 6.02. The van der Waals surface area contributed by atoms with Gasteiger partial charge in [-0.25, -0.2) is 0 Å². The number of nitrogens with one attached hydrogen (secondary N) is 1. The predicted octanol–water partition coefficient (Wildman–Crippen LogP) is 6.83. The Morgan fingerprint density at radius 1 is 0.909 bits per heavy atom. The molecule has 1 aliphatic rings. The van der Waals surface area contributed by atoms with Crippen LogP contribution in [0.15, 0.2) is 78.9 Å². The van der Waals surface area contributed by atoms with Crippen LogP contribution < -0.4 is 10.1 Å². The zero-order chi connectivity index (χ0) is 23.1. The first-order chi connectivity index (χ1) is 16.1. The van der Waals surface area contributed by atoms with Crippen LogP contribution in [0.5, 0.6) is 5.75 Å². The Morgan fingerprint density at radius 3 is 2.15 bits per heavy atom. The molecule has 1 unspecified atom stereocenters. The molecule has 172 valence electrons. The second-order valence-electron chi connectivity index (χ2n) is 9.42. The highest BCUT2D eigenvalue weighted by molar-refractivity contribution is 5.84. The maximum atomic E-state index is 13.7. The van der Waals surface area contributed by atoms with Crippen LogP contribution in [-0.2, 0) is 10.3 Å². The van der Waals surface area contributed by atoms with Gasteiger partial charge in [-0.1, -0.05) is 79.6 Å². The quantitative estimate of drug-likeness (QED) is 0.370. The molecule has 0 saturated heterocycles. The molecule has 1 saturated carbocycles. The van der Waals surface area contributed by atoms with E-state index in [0.717, 1.165) is 49.8 Å². The van der Waals surface area contributed by atoms with Gasteiger partial charge in [-0.3, -0.25) is 4.79 Å². The third kappa shape index (κ3) is 5.84. The second kappa shape index (κ2) is 10.7. The molecule has 1 amide bonds. The number of carbonyl (C=O) groups excluding carboxylic acids is 1. The number of hydrogen-bond donors (Lipinski definition) is 1. The summed E-state index contributed by atoms with van der Waals surface area (Å²) in [5.74, 6) is 0.843. The summed E-state index contributed by atoms with van der Waals surface area (Å²) in [5, 5.41) is 3.50. The average molecular weight is 442 g/mol. The summed E-state index contributed by atoms with van der Waals surface area (Å²) in [4.78, 5) is 13.7. The highest BCUT2D eigenvalue weighted by atomic mass is 16.5. The van der Waals surface area contributed by atoms with E-state index in [1.54, 1.807) is 0 Å². The third-order valence-corrected chi connectivity index (χ3v) is 6.77. The largest absolute Gasteiger partial charge is 0.494 e. The average Bonchev–Trinajstić information content (AvgIpc) is 3.29. The van der Waals surface area contributed by atoms with Crippen LogP contribution in [0.3, 0.4) is 0 Å². The van der Waals surface area contributed by atoms with Crippen LogP contribution in [0, 0.1) is 13.8 Å². The predicted molar refractivity (Wildman–Crippen MR) is 135 cm³/mol. The summed E-state index contributed by atoms with van der Waals surface area (Å²) in [5.41, 5.74) is 4.45. The molecule has 3 nitrogen and oxygen atoms in total. The molecular weight excluding hydrogens is 406 g/mol. The maximum Gasteiger partial charge on any atom is 0.228 e. The zero-order valence-electron chi connectivity index (χ0n) is 19.8. The molecule has 4 rings (SSSR count). The van der Waals surface area contributed by atoms with Gasteiger partial charge in [-0.15, -0.1) is 0 Å². The van der Waals surface area contributed by atoms with Gasteiger partial charge in [0.05, 0.1) is 18.1 Å². The molecule has 3 heteroatoms. The molecule has 0 aliphatic heterocycles. The molecule has 1 atom stereocenters. The van der Waals surface area contributed by atoms with E-state index in [9.17, 15) is 4.79 Å². The highest BCUT2D eigenvalue weighted by Crippen LogP contribution is 2.39. The van der Waals surface area contributed by atoms with E-state index >= 15 is 0 Å². The minimum absolute atomic E-state index is 0.123. The molecule has 0 aromatic heterocycles. The molecule has 3 aromatic carbocycles. The normalized spacial score (nSPS) is 15.7. The number of rotatable bonds is 9. The minimum atomic E-state index is -0.249. The molecule has 1 fully saturated rings. The maximum absolute atomic E-state index is 13.7. The third-order valence-electron chi connectivity index (χ3n) is 6.77. The topological polar surface area (TPSA) is 38.3 Å². The van der Waals surface area contributed by atoms with E-state index in [4.69, 9.17) is 4.74 Å². The van der Waals surface area contributed by atoms with Gasteiger partial charge in [0.15, 0.2) is 0 Å². The van der Waals surface area contributed by atoms with E-state index in [1.807, 2.05) is 24.3 Å². The van der Waals surface area contributed by atoms with E-state index in [1.165, 1.54) is 16.7 Å². The Morgan fingerprint density at radius 2 is 1.52 bits per heavy atom. The molecule has 0 spiro atoms. The number of hydrogen-bond acceptors (Lipinski definition) is 2. The molecule has 1 aliphatic carbocycles. The Hall–Kier alpha value is -3.07. The molecule has 33 heavy (non-hydrogen) atoms. The summed E-state index contributed by atoms with van der Waals surface area (Å²) >= 11 is 0. The molecule has 1 N–H and O–H groups in total. The monoisotopic (exact) mass is 441 g/mol. The smallest absolute Gasteiger partial charge is 0.228 e. The van der Waals surface area contributed by atoms with Crippen molar-refractivity contribution < 1.29 is 9.53 Å². The van der Waals surface area contributed by atoms with Crippen molar-refractivity contribution in [2.45, 2.75) is 63.8 Å². The summed E-state index contributed by atoms with van der Waals surface area (Å²) in [7, 11) is 0. The van der Waals surface area contributed by atoms with Crippen molar-refractivity contribution in [2.24, 2.45) is 0 Å². The van der Waals surface area contributed by atoms with Crippen molar-refractivity contribution in [3.05, 3.63) is 101 Å². The Balaban J connectivity index is 1.45. The summed E-state index contributed by atoms with van der Waals surface area (Å²) in [6, 6.07) is 26.9. The lowest BCUT2D eigenvalue weighted by Crippen LogP contribution is -2.45. The first-order valence-electron chi connectivity index (χ1n) is 12.2. The Labute approximate surface area is 198 Å². The lowest BCUT2D eigenvalue weighted by molar-refractivity contribution is -0.124. The SMILES string of the molecule is Cc1cc(C)cc(OCCCC(C(=O)NC2(c3ccccc3)CCCC2)c2ccccc2)c1. The standard InChI is InChI=1S/C30H35NO2/c1-23-20-24(2)22-27(21-23)33-19-11-16-28(25-12-5-3-6-13-25)29(32)31-30(17-9-10-18-30)26-14-7-4-8-15-26/h3-8,12-15,20-22,28H,9-11,16-19H2,1-2H3,(H,31,32). The zero-order valence-corrected chi connectivity index (χ0v) is 19.8. The molecule has 0 bridgehead atoms. The van der Waals surface area contributed by atoms with E-state index in [0.29, 0.717) is 6.61 Å². The van der Waals surface area contributed by atoms with E-state index in [2.05, 4.69) is 73.8 Å². The van der Waals surface area contributed by atoms with Crippen molar-refractivity contribution in [3.8, 4) is 5.75 Å². The van der Waals surface area contributed by atoms with Crippen LogP contribution in [-0.4, -0.2) is 12.5 Å². The van der Waals surface area contributed by atoms with Crippen LogP contribution in [0.2, 0.25) is 0 Å². The Kier molecular flexibility index (Phi) is 7.49. The fourth-order valence-corrected chi connectivity index (χ4v) is 5.17. The van der Waals surface area contributed by atoms with Crippen LogP contribution in [0.25, 0.3) is 0 Å². The van der Waals surface area contributed by atoms with Gasteiger partial charge in [-0.2, -0.15) is 0 Å². The first kappa shape index (κ1) is 23.1. The van der Waals surface area contributed by atoms with Gasteiger partial charge in [0.2, 0.25) is 5.91 Å². The number of carbonyl (C=O) groups is 1. The molecule has 0 heterocycles. The summed E-state index contributed by atoms with van der Waals surface area (Å²) in [6.07, 6.45) is 5.87. The highest BCUT2D eigenvalue weighted by Gasteiger charge is 2.38. The van der Waals surface area contributed by atoms with Crippen molar-refractivity contribution in [1.82, 2.24) is 5.32 Å². The fraction of sp³-hybridized carbons (Fsp3) is 0.367. The fourth-order valence-electron chi connectivity index (χ4n) is 5.17. The molecule has 0 radical (unpaired) electrons. The summed E-state index contributed by atoms with van der Waals surface area (Å²) in [6.45, 7) is 4.77. The number of amides is 1. The van der Waals surface area contributed by atoms with E-state index in [-0.39, 0.29) is 17.4 Å². The van der Waals surface area contributed by atoms with Crippen LogP contribution in [0.1, 0.15) is 66.7 Å². The first-order valence-corrected chi connectivity index (χ1v) is 12.2. The lowest BCUT2D eigenvalue weighted by Gasteiger charge is -2.33. The van der Waals surface area contributed by atoms with Crippen LogP contribution in [0.4, 0.5) is 0 Å².